The Bertz CT molecular complexity index is 895. The van der Waals surface area contributed by atoms with Crippen LogP contribution in [0.2, 0.25) is 0 Å². The molecule has 0 saturated carbocycles. The zero-order chi connectivity index (χ0) is 18.0. The molecule has 0 radical (unpaired) electrons. The van der Waals surface area contributed by atoms with Crippen LogP contribution in [-0.4, -0.2) is 20.9 Å². The van der Waals surface area contributed by atoms with Crippen LogP contribution in [0.15, 0.2) is 42.5 Å². The standard InChI is InChI=1S/C18H19FN2O3S/c1-13-4-9-16(11-17(13)21-10-2-3-18(21)22)20-25(23,24)12-14-5-7-15(19)8-6-14/h4-9,11,20H,2-3,10,12H2,1H3. The molecule has 0 unspecified atom stereocenters. The van der Waals surface area contributed by atoms with Gasteiger partial charge in [0.05, 0.1) is 11.4 Å². The van der Waals surface area contributed by atoms with Crippen molar-refractivity contribution in [1.82, 2.24) is 0 Å². The molecule has 0 aromatic heterocycles. The number of nitrogens with zero attached hydrogens (tertiary/aromatic N) is 1. The van der Waals surface area contributed by atoms with Crippen LogP contribution >= 0.6 is 0 Å². The van der Waals surface area contributed by atoms with Crippen LogP contribution in [0.25, 0.3) is 0 Å². The normalized spacial score (nSPS) is 14.8. The number of benzene rings is 2. The van der Waals surface area contributed by atoms with Crippen molar-refractivity contribution in [2.75, 3.05) is 16.2 Å². The molecule has 0 bridgehead atoms. The van der Waals surface area contributed by atoms with Gasteiger partial charge in [-0.2, -0.15) is 0 Å². The summed E-state index contributed by atoms with van der Waals surface area (Å²) in [5, 5.41) is 0. The van der Waals surface area contributed by atoms with Gasteiger partial charge < -0.3 is 4.90 Å². The summed E-state index contributed by atoms with van der Waals surface area (Å²) in [4.78, 5) is 13.6. The highest BCUT2D eigenvalue weighted by Crippen LogP contribution is 2.28. The predicted octanol–water partition coefficient (Wildman–Crippen LogP) is 3.20. The SMILES string of the molecule is Cc1ccc(NS(=O)(=O)Cc2ccc(F)cc2)cc1N1CCCC1=O. The van der Waals surface area contributed by atoms with E-state index in [4.69, 9.17) is 0 Å². The molecule has 5 nitrogen and oxygen atoms in total. The molecule has 25 heavy (non-hydrogen) atoms. The van der Waals surface area contributed by atoms with E-state index in [1.807, 2.05) is 6.92 Å². The van der Waals surface area contributed by atoms with E-state index in [1.165, 1.54) is 24.3 Å². The van der Waals surface area contributed by atoms with Gasteiger partial charge in [-0.1, -0.05) is 18.2 Å². The molecule has 1 heterocycles. The molecule has 3 rings (SSSR count). The van der Waals surface area contributed by atoms with Crippen molar-refractivity contribution in [2.45, 2.75) is 25.5 Å². The molecule has 1 fully saturated rings. The van der Waals surface area contributed by atoms with Gasteiger partial charge in [-0.25, -0.2) is 12.8 Å². The van der Waals surface area contributed by atoms with E-state index >= 15 is 0 Å². The first-order valence-electron chi connectivity index (χ1n) is 8.00. The first-order chi connectivity index (χ1) is 11.8. The second-order valence-electron chi connectivity index (χ2n) is 6.14. The lowest BCUT2D eigenvalue weighted by molar-refractivity contribution is -0.117. The summed E-state index contributed by atoms with van der Waals surface area (Å²) in [5.41, 5.74) is 2.54. The minimum Gasteiger partial charge on any atom is -0.312 e. The number of hydrogen-bond acceptors (Lipinski definition) is 3. The number of carbonyl (C=O) groups excluding carboxylic acids is 1. The van der Waals surface area contributed by atoms with E-state index in [2.05, 4.69) is 4.72 Å². The first kappa shape index (κ1) is 17.4. The minimum atomic E-state index is -3.64. The molecule has 1 saturated heterocycles. The molecule has 7 heteroatoms. The van der Waals surface area contributed by atoms with Gasteiger partial charge in [-0.3, -0.25) is 9.52 Å². The minimum absolute atomic E-state index is 0.0504. The highest BCUT2D eigenvalue weighted by atomic mass is 32.2. The van der Waals surface area contributed by atoms with E-state index in [1.54, 1.807) is 23.1 Å². The van der Waals surface area contributed by atoms with Crippen molar-refractivity contribution < 1.29 is 17.6 Å². The highest BCUT2D eigenvalue weighted by molar-refractivity contribution is 7.91. The zero-order valence-corrected chi connectivity index (χ0v) is 14.6. The van der Waals surface area contributed by atoms with Crippen LogP contribution in [0.3, 0.4) is 0 Å². The summed E-state index contributed by atoms with van der Waals surface area (Å²) < 4.78 is 40.2. The van der Waals surface area contributed by atoms with Gasteiger partial charge in [0.1, 0.15) is 5.82 Å². The summed E-state index contributed by atoms with van der Waals surface area (Å²) in [7, 11) is -3.64. The van der Waals surface area contributed by atoms with E-state index in [0.717, 1.165) is 17.7 Å². The smallest absolute Gasteiger partial charge is 0.236 e. The van der Waals surface area contributed by atoms with Crippen molar-refractivity contribution in [2.24, 2.45) is 0 Å². The number of aryl methyl sites for hydroxylation is 1. The second kappa shape index (κ2) is 6.84. The van der Waals surface area contributed by atoms with Crippen molar-refractivity contribution >= 4 is 27.3 Å². The Morgan fingerprint density at radius 1 is 1.16 bits per heavy atom. The van der Waals surface area contributed by atoms with Crippen LogP contribution in [0, 0.1) is 12.7 Å². The number of nitrogens with one attached hydrogen (secondary N) is 1. The number of carbonyl (C=O) groups is 1. The van der Waals surface area contributed by atoms with Crippen LogP contribution < -0.4 is 9.62 Å². The molecule has 1 N–H and O–H groups in total. The third-order valence-corrected chi connectivity index (χ3v) is 5.38. The lowest BCUT2D eigenvalue weighted by Gasteiger charge is -2.19. The van der Waals surface area contributed by atoms with Crippen LogP contribution in [0.4, 0.5) is 15.8 Å². The molecular weight excluding hydrogens is 343 g/mol. The topological polar surface area (TPSA) is 66.5 Å². The molecule has 0 atom stereocenters. The Morgan fingerprint density at radius 3 is 2.52 bits per heavy atom. The fourth-order valence-electron chi connectivity index (χ4n) is 2.88. The van der Waals surface area contributed by atoms with Gasteiger partial charge in [0, 0.05) is 18.7 Å². The molecule has 2 aromatic rings. The van der Waals surface area contributed by atoms with Gasteiger partial charge in [0.25, 0.3) is 0 Å². The van der Waals surface area contributed by atoms with Crippen molar-refractivity contribution in [3.63, 3.8) is 0 Å². The van der Waals surface area contributed by atoms with E-state index in [-0.39, 0.29) is 11.7 Å². The Morgan fingerprint density at radius 2 is 1.88 bits per heavy atom. The maximum Gasteiger partial charge on any atom is 0.236 e. The summed E-state index contributed by atoms with van der Waals surface area (Å²) in [6.45, 7) is 2.53. The van der Waals surface area contributed by atoms with Crippen LogP contribution in [-0.2, 0) is 20.6 Å². The number of rotatable bonds is 5. The Kier molecular flexibility index (Phi) is 4.76. The van der Waals surface area contributed by atoms with Crippen molar-refractivity contribution in [1.29, 1.82) is 0 Å². The molecule has 2 aromatic carbocycles. The second-order valence-corrected chi connectivity index (χ2v) is 7.86. The molecule has 1 aliphatic rings. The molecule has 132 valence electrons. The Hall–Kier alpha value is -2.41. The third kappa shape index (κ3) is 4.17. The van der Waals surface area contributed by atoms with Crippen molar-refractivity contribution in [3.8, 4) is 0 Å². The first-order valence-corrected chi connectivity index (χ1v) is 9.65. The maximum atomic E-state index is 12.9. The predicted molar refractivity (Wildman–Crippen MR) is 95.4 cm³/mol. The molecular formula is C18H19FN2O3S. The number of hydrogen-bond donors (Lipinski definition) is 1. The van der Waals surface area contributed by atoms with Crippen LogP contribution in [0.1, 0.15) is 24.0 Å². The van der Waals surface area contributed by atoms with Crippen LogP contribution in [0.5, 0.6) is 0 Å². The van der Waals surface area contributed by atoms with Gasteiger partial charge in [0.15, 0.2) is 0 Å². The van der Waals surface area contributed by atoms with E-state index in [9.17, 15) is 17.6 Å². The zero-order valence-electron chi connectivity index (χ0n) is 13.8. The lowest BCUT2D eigenvalue weighted by atomic mass is 10.1. The van der Waals surface area contributed by atoms with Gasteiger partial charge in [-0.15, -0.1) is 0 Å². The Labute approximate surface area is 146 Å². The summed E-state index contributed by atoms with van der Waals surface area (Å²) >= 11 is 0. The highest BCUT2D eigenvalue weighted by Gasteiger charge is 2.23. The average molecular weight is 362 g/mol. The van der Waals surface area contributed by atoms with Gasteiger partial charge in [0.2, 0.25) is 15.9 Å². The number of sulfonamides is 1. The summed E-state index contributed by atoms with van der Waals surface area (Å²) in [6.07, 6.45) is 1.32. The monoisotopic (exact) mass is 362 g/mol. The molecule has 0 aliphatic carbocycles. The van der Waals surface area contributed by atoms with Gasteiger partial charge in [-0.05, 0) is 48.7 Å². The maximum absolute atomic E-state index is 12.9. The lowest BCUT2D eigenvalue weighted by Crippen LogP contribution is -2.24. The Balaban J connectivity index is 1.80. The third-order valence-electron chi connectivity index (χ3n) is 4.12. The molecule has 1 aliphatic heterocycles. The summed E-state index contributed by atoms with van der Waals surface area (Å²) in [5.74, 6) is -0.610. The quantitative estimate of drug-likeness (QED) is 0.888. The van der Waals surface area contributed by atoms with Crippen molar-refractivity contribution in [3.05, 3.63) is 59.4 Å². The van der Waals surface area contributed by atoms with E-state index in [0.29, 0.717) is 24.2 Å². The number of anilines is 2. The summed E-state index contributed by atoms with van der Waals surface area (Å²) in [6, 6.07) is 10.5. The largest absolute Gasteiger partial charge is 0.312 e. The number of halogens is 1. The number of amides is 1. The fraction of sp³-hybridized carbons (Fsp3) is 0.278. The molecule has 0 spiro atoms. The average Bonchev–Trinajstić information content (AvgIpc) is 2.97. The molecule has 1 amide bonds. The van der Waals surface area contributed by atoms with Gasteiger partial charge >= 0.3 is 0 Å². The fourth-order valence-corrected chi connectivity index (χ4v) is 4.07. The van der Waals surface area contributed by atoms with E-state index < -0.39 is 15.8 Å².